The average Bonchev–Trinajstić information content (AvgIpc) is 2.77. The van der Waals surface area contributed by atoms with Crippen LogP contribution in [-0.2, 0) is 16.4 Å². The number of hydrogen-bond acceptors (Lipinski definition) is 4. The molecule has 2 aromatic carbocycles. The predicted molar refractivity (Wildman–Crippen MR) is 113 cm³/mol. The molecule has 7 heteroatoms. The molecule has 0 saturated carbocycles. The molecule has 3 rings (SSSR count). The SMILES string of the molecule is COc1ccccc1CCCNC(=O)c1cccc(S(=O)(=O)N2CCCCC2)c1. The van der Waals surface area contributed by atoms with E-state index in [9.17, 15) is 13.2 Å². The Balaban J connectivity index is 1.58. The molecule has 0 aliphatic carbocycles. The molecule has 0 radical (unpaired) electrons. The Bertz CT molecular complexity index is 937. The summed E-state index contributed by atoms with van der Waals surface area (Å²) in [5.74, 6) is 0.579. The summed E-state index contributed by atoms with van der Waals surface area (Å²) in [6, 6.07) is 14.1. The fourth-order valence-corrected chi connectivity index (χ4v) is 5.11. The highest BCUT2D eigenvalue weighted by atomic mass is 32.2. The zero-order valence-electron chi connectivity index (χ0n) is 16.8. The van der Waals surface area contributed by atoms with Crippen molar-refractivity contribution in [2.45, 2.75) is 37.0 Å². The van der Waals surface area contributed by atoms with Crippen LogP contribution < -0.4 is 10.1 Å². The topological polar surface area (TPSA) is 75.7 Å². The summed E-state index contributed by atoms with van der Waals surface area (Å²) < 4.78 is 32.5. The molecule has 0 atom stereocenters. The highest BCUT2D eigenvalue weighted by Gasteiger charge is 2.26. The number of piperidine rings is 1. The zero-order chi connectivity index (χ0) is 20.7. The minimum absolute atomic E-state index is 0.182. The smallest absolute Gasteiger partial charge is 0.251 e. The van der Waals surface area contributed by atoms with Gasteiger partial charge < -0.3 is 10.1 Å². The third kappa shape index (κ3) is 5.36. The van der Waals surface area contributed by atoms with Gasteiger partial charge in [0.05, 0.1) is 12.0 Å². The Morgan fingerprint density at radius 1 is 1.07 bits per heavy atom. The van der Waals surface area contributed by atoms with Crippen LogP contribution in [0.2, 0.25) is 0 Å². The fourth-order valence-electron chi connectivity index (χ4n) is 3.54. The Morgan fingerprint density at radius 3 is 2.59 bits per heavy atom. The van der Waals surface area contributed by atoms with Gasteiger partial charge >= 0.3 is 0 Å². The molecule has 1 saturated heterocycles. The summed E-state index contributed by atoms with van der Waals surface area (Å²) in [6.45, 7) is 1.59. The van der Waals surface area contributed by atoms with Gasteiger partial charge in [-0.15, -0.1) is 0 Å². The number of aryl methyl sites for hydroxylation is 1. The molecule has 1 aliphatic rings. The lowest BCUT2D eigenvalue weighted by molar-refractivity contribution is 0.0953. The normalized spacial score (nSPS) is 15.1. The van der Waals surface area contributed by atoms with Gasteiger partial charge in [0, 0.05) is 25.2 Å². The summed E-state index contributed by atoms with van der Waals surface area (Å²) in [4.78, 5) is 12.7. The molecule has 29 heavy (non-hydrogen) atoms. The lowest BCUT2D eigenvalue weighted by Gasteiger charge is -2.26. The minimum Gasteiger partial charge on any atom is -0.496 e. The molecule has 1 heterocycles. The van der Waals surface area contributed by atoms with Gasteiger partial charge in [-0.1, -0.05) is 30.7 Å². The standard InChI is InChI=1S/C22H28N2O4S/c1-28-21-13-4-3-9-18(21)11-8-14-23-22(25)19-10-7-12-20(17-19)29(26,27)24-15-5-2-6-16-24/h3-4,7,9-10,12-13,17H,2,5-6,8,11,14-16H2,1H3,(H,23,25). The number of sulfonamides is 1. The lowest BCUT2D eigenvalue weighted by atomic mass is 10.1. The third-order valence-corrected chi connectivity index (χ3v) is 7.04. The summed E-state index contributed by atoms with van der Waals surface area (Å²) in [7, 11) is -1.90. The van der Waals surface area contributed by atoms with Crippen LogP contribution in [0.25, 0.3) is 0 Å². The zero-order valence-corrected chi connectivity index (χ0v) is 17.6. The third-order valence-electron chi connectivity index (χ3n) is 5.15. The minimum atomic E-state index is -3.55. The van der Waals surface area contributed by atoms with E-state index in [1.165, 1.54) is 10.4 Å². The molecule has 2 aromatic rings. The van der Waals surface area contributed by atoms with Crippen LogP contribution in [0.5, 0.6) is 5.75 Å². The van der Waals surface area contributed by atoms with E-state index < -0.39 is 10.0 Å². The van der Waals surface area contributed by atoms with Gasteiger partial charge in [0.2, 0.25) is 10.0 Å². The van der Waals surface area contributed by atoms with E-state index >= 15 is 0 Å². The van der Waals surface area contributed by atoms with Gasteiger partial charge in [-0.2, -0.15) is 4.31 Å². The summed E-state index contributed by atoms with van der Waals surface area (Å²) >= 11 is 0. The summed E-state index contributed by atoms with van der Waals surface area (Å²) in [5, 5.41) is 2.88. The predicted octanol–water partition coefficient (Wildman–Crippen LogP) is 3.23. The van der Waals surface area contributed by atoms with Crippen LogP contribution in [0, 0.1) is 0 Å². The molecule has 1 amide bonds. The Morgan fingerprint density at radius 2 is 1.83 bits per heavy atom. The number of carbonyl (C=O) groups excluding carboxylic acids is 1. The molecule has 0 bridgehead atoms. The van der Waals surface area contributed by atoms with Crippen molar-refractivity contribution in [3.05, 3.63) is 59.7 Å². The molecular weight excluding hydrogens is 388 g/mol. The molecule has 0 unspecified atom stereocenters. The molecule has 1 fully saturated rings. The monoisotopic (exact) mass is 416 g/mol. The second kappa shape index (κ2) is 9.89. The molecule has 156 valence electrons. The number of para-hydroxylation sites is 1. The van der Waals surface area contributed by atoms with Crippen LogP contribution in [0.1, 0.15) is 41.6 Å². The molecule has 0 aromatic heterocycles. The van der Waals surface area contributed by atoms with Crippen molar-refractivity contribution in [2.75, 3.05) is 26.7 Å². The van der Waals surface area contributed by atoms with Gasteiger partial charge in [0.15, 0.2) is 0 Å². The number of amides is 1. The van der Waals surface area contributed by atoms with Crippen molar-refractivity contribution in [3.63, 3.8) is 0 Å². The van der Waals surface area contributed by atoms with E-state index in [0.717, 1.165) is 43.4 Å². The second-order valence-electron chi connectivity index (χ2n) is 7.16. The van der Waals surface area contributed by atoms with Crippen LogP contribution in [-0.4, -0.2) is 45.4 Å². The van der Waals surface area contributed by atoms with E-state index in [1.54, 1.807) is 25.3 Å². The van der Waals surface area contributed by atoms with Gasteiger partial charge in [-0.05, 0) is 55.5 Å². The van der Waals surface area contributed by atoms with Crippen LogP contribution in [0.15, 0.2) is 53.4 Å². The number of carbonyl (C=O) groups is 1. The van der Waals surface area contributed by atoms with Crippen molar-refractivity contribution >= 4 is 15.9 Å². The van der Waals surface area contributed by atoms with Crippen molar-refractivity contribution < 1.29 is 17.9 Å². The fraction of sp³-hybridized carbons (Fsp3) is 0.409. The Labute approximate surface area is 172 Å². The molecular formula is C22H28N2O4S. The number of ether oxygens (including phenoxy) is 1. The van der Waals surface area contributed by atoms with E-state index in [0.29, 0.717) is 25.2 Å². The Kier molecular flexibility index (Phi) is 7.28. The van der Waals surface area contributed by atoms with Crippen LogP contribution in [0.4, 0.5) is 0 Å². The summed E-state index contributed by atoms with van der Waals surface area (Å²) in [5.41, 5.74) is 1.46. The molecule has 1 aliphatic heterocycles. The first-order valence-electron chi connectivity index (χ1n) is 10.0. The number of methoxy groups -OCH3 is 1. The number of benzene rings is 2. The van der Waals surface area contributed by atoms with Crippen molar-refractivity contribution in [1.82, 2.24) is 9.62 Å². The van der Waals surface area contributed by atoms with Gasteiger partial charge in [0.1, 0.15) is 5.75 Å². The maximum atomic E-state index is 12.8. The first-order chi connectivity index (χ1) is 14.0. The van der Waals surface area contributed by atoms with Crippen LogP contribution in [0.3, 0.4) is 0 Å². The van der Waals surface area contributed by atoms with Crippen molar-refractivity contribution in [1.29, 1.82) is 0 Å². The number of hydrogen-bond donors (Lipinski definition) is 1. The Hall–Kier alpha value is -2.38. The quantitative estimate of drug-likeness (QED) is 0.671. The van der Waals surface area contributed by atoms with Gasteiger partial charge in [-0.3, -0.25) is 4.79 Å². The highest BCUT2D eigenvalue weighted by Crippen LogP contribution is 2.21. The maximum Gasteiger partial charge on any atom is 0.251 e. The average molecular weight is 417 g/mol. The van der Waals surface area contributed by atoms with Gasteiger partial charge in [0.25, 0.3) is 5.91 Å². The number of nitrogens with zero attached hydrogens (tertiary/aromatic N) is 1. The summed E-state index contributed by atoms with van der Waals surface area (Å²) in [6.07, 6.45) is 4.37. The second-order valence-corrected chi connectivity index (χ2v) is 9.10. The first kappa shape index (κ1) is 21.3. The molecule has 6 nitrogen and oxygen atoms in total. The molecule has 1 N–H and O–H groups in total. The largest absolute Gasteiger partial charge is 0.496 e. The highest BCUT2D eigenvalue weighted by molar-refractivity contribution is 7.89. The lowest BCUT2D eigenvalue weighted by Crippen LogP contribution is -2.35. The number of rotatable bonds is 8. The van der Waals surface area contributed by atoms with E-state index in [4.69, 9.17) is 4.74 Å². The van der Waals surface area contributed by atoms with Crippen molar-refractivity contribution in [3.8, 4) is 5.75 Å². The number of nitrogens with one attached hydrogen (secondary N) is 1. The van der Waals surface area contributed by atoms with E-state index in [1.807, 2.05) is 24.3 Å². The van der Waals surface area contributed by atoms with Crippen LogP contribution >= 0.6 is 0 Å². The van der Waals surface area contributed by atoms with Gasteiger partial charge in [-0.25, -0.2) is 8.42 Å². The van der Waals surface area contributed by atoms with E-state index in [2.05, 4.69) is 5.32 Å². The van der Waals surface area contributed by atoms with E-state index in [-0.39, 0.29) is 10.8 Å². The maximum absolute atomic E-state index is 12.8. The van der Waals surface area contributed by atoms with Crippen molar-refractivity contribution in [2.24, 2.45) is 0 Å². The molecule has 0 spiro atoms. The first-order valence-corrected chi connectivity index (χ1v) is 11.5.